The molecule has 0 fully saturated rings. The predicted octanol–water partition coefficient (Wildman–Crippen LogP) is 4.72. The van der Waals surface area contributed by atoms with Crippen LogP contribution in [0, 0.1) is 0 Å². The van der Waals surface area contributed by atoms with E-state index >= 15 is 0 Å². The Morgan fingerprint density at radius 1 is 1.23 bits per heavy atom. The summed E-state index contributed by atoms with van der Waals surface area (Å²) < 4.78 is 31.0. The molecule has 0 unspecified atom stereocenters. The Kier molecular flexibility index (Phi) is 5.86. The van der Waals surface area contributed by atoms with E-state index in [0.29, 0.717) is 31.1 Å². The van der Waals surface area contributed by atoms with Gasteiger partial charge in [-0.05, 0) is 54.3 Å². The van der Waals surface area contributed by atoms with Crippen LogP contribution in [0.3, 0.4) is 0 Å². The van der Waals surface area contributed by atoms with Gasteiger partial charge in [0.25, 0.3) is 0 Å². The first-order chi connectivity index (χ1) is 14.4. The standard InChI is InChI=1S/C22H24ClN3O3S/c1-3-12-29-21-5-4-16(23)13-18(21)17-6-9-24-22-19(17)14-20(25-22)15-7-10-26(11-8-15)30(2,27)28/h4-7,9,13-14H,3,8,10-12H2,1-2H3,(H,24,25). The van der Waals surface area contributed by atoms with Gasteiger partial charge in [-0.1, -0.05) is 24.6 Å². The lowest BCUT2D eigenvalue weighted by atomic mass is 10.0. The van der Waals surface area contributed by atoms with E-state index < -0.39 is 10.0 Å². The quantitative estimate of drug-likeness (QED) is 0.595. The summed E-state index contributed by atoms with van der Waals surface area (Å²) in [7, 11) is -3.18. The van der Waals surface area contributed by atoms with Crippen LogP contribution in [0.4, 0.5) is 0 Å². The molecule has 0 aliphatic carbocycles. The maximum Gasteiger partial charge on any atom is 0.211 e. The molecule has 0 bridgehead atoms. The van der Waals surface area contributed by atoms with Crippen LogP contribution >= 0.6 is 11.6 Å². The molecule has 0 radical (unpaired) electrons. The highest BCUT2D eigenvalue weighted by molar-refractivity contribution is 7.88. The number of aromatic amines is 1. The van der Waals surface area contributed by atoms with Crippen LogP contribution in [0.15, 0.2) is 42.6 Å². The van der Waals surface area contributed by atoms with Gasteiger partial charge in [-0.25, -0.2) is 13.4 Å². The van der Waals surface area contributed by atoms with Crippen molar-refractivity contribution in [1.82, 2.24) is 14.3 Å². The average Bonchev–Trinajstić information content (AvgIpc) is 3.17. The van der Waals surface area contributed by atoms with Crippen molar-refractivity contribution in [3.8, 4) is 16.9 Å². The van der Waals surface area contributed by atoms with Crippen molar-refractivity contribution in [2.75, 3.05) is 26.0 Å². The van der Waals surface area contributed by atoms with E-state index in [9.17, 15) is 8.42 Å². The number of fused-ring (bicyclic) bond motifs is 1. The number of nitrogens with one attached hydrogen (secondary N) is 1. The van der Waals surface area contributed by atoms with Crippen LogP contribution in [0.2, 0.25) is 5.02 Å². The highest BCUT2D eigenvalue weighted by Crippen LogP contribution is 2.38. The molecule has 1 aliphatic rings. The predicted molar refractivity (Wildman–Crippen MR) is 121 cm³/mol. The van der Waals surface area contributed by atoms with Crippen molar-refractivity contribution in [2.24, 2.45) is 0 Å². The van der Waals surface area contributed by atoms with Gasteiger partial charge < -0.3 is 9.72 Å². The Hall–Kier alpha value is -2.35. The number of ether oxygens (including phenoxy) is 1. The fourth-order valence-corrected chi connectivity index (χ4v) is 4.62. The van der Waals surface area contributed by atoms with Crippen LogP contribution in [-0.2, 0) is 10.0 Å². The fraction of sp³-hybridized carbons (Fsp3) is 0.318. The lowest BCUT2D eigenvalue weighted by molar-refractivity contribution is 0.319. The zero-order chi connectivity index (χ0) is 21.3. The molecule has 0 saturated heterocycles. The molecule has 6 nitrogen and oxygen atoms in total. The van der Waals surface area contributed by atoms with E-state index in [2.05, 4.69) is 23.0 Å². The molecule has 0 amide bonds. The van der Waals surface area contributed by atoms with Gasteiger partial charge in [0.2, 0.25) is 10.0 Å². The molecule has 0 atom stereocenters. The number of sulfonamides is 1. The molecule has 2 aromatic heterocycles. The first-order valence-corrected chi connectivity index (χ1v) is 12.1. The van der Waals surface area contributed by atoms with Gasteiger partial charge >= 0.3 is 0 Å². The van der Waals surface area contributed by atoms with Gasteiger partial charge in [0.15, 0.2) is 0 Å². The Labute approximate surface area is 181 Å². The third-order valence-corrected chi connectivity index (χ3v) is 6.72. The first kappa shape index (κ1) is 20.9. The van der Waals surface area contributed by atoms with Gasteiger partial charge in [0.1, 0.15) is 11.4 Å². The number of H-pyrrole nitrogens is 1. The van der Waals surface area contributed by atoms with Crippen molar-refractivity contribution in [3.05, 3.63) is 53.3 Å². The third kappa shape index (κ3) is 4.24. The summed E-state index contributed by atoms with van der Waals surface area (Å²) >= 11 is 6.29. The second kappa shape index (κ2) is 8.41. The number of nitrogens with zero attached hydrogens (tertiary/aromatic N) is 2. The number of pyridine rings is 1. The van der Waals surface area contributed by atoms with E-state index in [-0.39, 0.29) is 0 Å². The summed E-state index contributed by atoms with van der Waals surface area (Å²) in [5.41, 5.74) is 4.74. The molecule has 30 heavy (non-hydrogen) atoms. The van der Waals surface area contributed by atoms with Crippen molar-refractivity contribution in [2.45, 2.75) is 19.8 Å². The largest absolute Gasteiger partial charge is 0.493 e. The Bertz CT molecular complexity index is 1220. The number of halogens is 1. The maximum atomic E-state index is 11.8. The highest BCUT2D eigenvalue weighted by atomic mass is 35.5. The van der Waals surface area contributed by atoms with Crippen molar-refractivity contribution in [1.29, 1.82) is 0 Å². The number of rotatable bonds is 6. The molecule has 3 heterocycles. The SMILES string of the molecule is CCCOc1ccc(Cl)cc1-c1ccnc2[nH]c(C3=CCN(S(C)(=O)=O)CC3)cc12. The lowest BCUT2D eigenvalue weighted by Crippen LogP contribution is -2.33. The summed E-state index contributed by atoms with van der Waals surface area (Å²) in [5, 5.41) is 1.62. The Balaban J connectivity index is 1.74. The van der Waals surface area contributed by atoms with E-state index in [1.807, 2.05) is 30.3 Å². The molecule has 4 rings (SSSR count). The van der Waals surface area contributed by atoms with Gasteiger partial charge in [-0.15, -0.1) is 0 Å². The molecule has 0 saturated carbocycles. The fourth-order valence-electron chi connectivity index (χ4n) is 3.68. The molecule has 3 aromatic rings. The smallest absolute Gasteiger partial charge is 0.211 e. The van der Waals surface area contributed by atoms with E-state index in [0.717, 1.165) is 45.6 Å². The summed E-state index contributed by atoms with van der Waals surface area (Å²) in [6.45, 7) is 3.56. The summed E-state index contributed by atoms with van der Waals surface area (Å²) in [6.07, 6.45) is 6.54. The number of benzene rings is 1. The van der Waals surface area contributed by atoms with Crippen molar-refractivity contribution < 1.29 is 13.2 Å². The second-order valence-electron chi connectivity index (χ2n) is 7.39. The van der Waals surface area contributed by atoms with Crippen LogP contribution in [0.5, 0.6) is 5.75 Å². The van der Waals surface area contributed by atoms with Gasteiger partial charge in [-0.3, -0.25) is 0 Å². The third-order valence-electron chi connectivity index (χ3n) is 5.21. The molecule has 1 aliphatic heterocycles. The maximum absolute atomic E-state index is 11.8. The molecule has 158 valence electrons. The number of hydrogen-bond donors (Lipinski definition) is 1. The Morgan fingerprint density at radius 2 is 2.07 bits per heavy atom. The molecular weight excluding hydrogens is 422 g/mol. The minimum Gasteiger partial charge on any atom is -0.493 e. The van der Waals surface area contributed by atoms with Gasteiger partial charge in [0, 0.05) is 41.0 Å². The number of hydrogen-bond acceptors (Lipinski definition) is 4. The van der Waals surface area contributed by atoms with Crippen molar-refractivity contribution in [3.63, 3.8) is 0 Å². The number of aromatic nitrogens is 2. The molecule has 0 spiro atoms. The summed E-state index contributed by atoms with van der Waals surface area (Å²) in [6, 6.07) is 9.68. The molecule has 1 N–H and O–H groups in total. The van der Waals surface area contributed by atoms with Crippen LogP contribution in [0.25, 0.3) is 27.7 Å². The van der Waals surface area contributed by atoms with E-state index in [1.165, 1.54) is 10.6 Å². The average molecular weight is 446 g/mol. The van der Waals surface area contributed by atoms with Crippen molar-refractivity contribution >= 4 is 38.2 Å². The van der Waals surface area contributed by atoms with E-state index in [4.69, 9.17) is 16.3 Å². The topological polar surface area (TPSA) is 75.3 Å². The van der Waals surface area contributed by atoms with Crippen LogP contribution in [0.1, 0.15) is 25.5 Å². The van der Waals surface area contributed by atoms with Crippen LogP contribution in [-0.4, -0.2) is 48.6 Å². The zero-order valence-corrected chi connectivity index (χ0v) is 18.6. The highest BCUT2D eigenvalue weighted by Gasteiger charge is 2.21. The van der Waals surface area contributed by atoms with E-state index in [1.54, 1.807) is 6.20 Å². The van der Waals surface area contributed by atoms with Crippen LogP contribution < -0.4 is 4.74 Å². The summed E-state index contributed by atoms with van der Waals surface area (Å²) in [5.74, 6) is 0.789. The molecule has 1 aromatic carbocycles. The lowest BCUT2D eigenvalue weighted by Gasteiger charge is -2.23. The molecular formula is C22H24ClN3O3S. The Morgan fingerprint density at radius 3 is 2.77 bits per heavy atom. The monoisotopic (exact) mass is 445 g/mol. The summed E-state index contributed by atoms with van der Waals surface area (Å²) in [4.78, 5) is 7.87. The minimum atomic E-state index is -3.18. The molecule has 8 heteroatoms. The minimum absolute atomic E-state index is 0.382. The van der Waals surface area contributed by atoms with Gasteiger partial charge in [0.05, 0.1) is 12.9 Å². The first-order valence-electron chi connectivity index (χ1n) is 9.92. The zero-order valence-electron chi connectivity index (χ0n) is 17.0. The second-order valence-corrected chi connectivity index (χ2v) is 9.81. The van der Waals surface area contributed by atoms with Gasteiger partial charge in [-0.2, -0.15) is 4.31 Å². The normalized spacial score (nSPS) is 15.4.